The van der Waals surface area contributed by atoms with Crippen molar-refractivity contribution in [3.05, 3.63) is 64.6 Å². The summed E-state index contributed by atoms with van der Waals surface area (Å²) in [6.07, 6.45) is 1.95. The van der Waals surface area contributed by atoms with Crippen molar-refractivity contribution in [2.45, 2.75) is 12.5 Å². The van der Waals surface area contributed by atoms with Gasteiger partial charge in [0.15, 0.2) is 22.7 Å². The highest BCUT2D eigenvalue weighted by Gasteiger charge is 2.27. The van der Waals surface area contributed by atoms with Gasteiger partial charge >= 0.3 is 5.97 Å². The van der Waals surface area contributed by atoms with Crippen molar-refractivity contribution in [2.24, 2.45) is 4.99 Å². The molecule has 1 saturated heterocycles. The van der Waals surface area contributed by atoms with Crippen molar-refractivity contribution in [3.63, 3.8) is 0 Å². The van der Waals surface area contributed by atoms with E-state index in [9.17, 15) is 14.7 Å². The molecule has 2 aliphatic rings. The number of ether oxygens (including phenoxy) is 2. The summed E-state index contributed by atoms with van der Waals surface area (Å²) in [4.78, 5) is 28.5. The maximum absolute atomic E-state index is 12.2. The lowest BCUT2D eigenvalue weighted by atomic mass is 10.1. The Hall–Kier alpha value is -3.26. The second kappa shape index (κ2) is 7.77. The lowest BCUT2D eigenvalue weighted by Gasteiger charge is -2.08. The fourth-order valence-corrected chi connectivity index (χ4v) is 3.68. The molecular weight excluding hydrogens is 380 g/mol. The summed E-state index contributed by atoms with van der Waals surface area (Å²) in [7, 11) is 0. The smallest absolute Gasteiger partial charge is 0.328 e. The van der Waals surface area contributed by atoms with Crippen LogP contribution in [0.5, 0.6) is 11.5 Å². The predicted octanol–water partition coefficient (Wildman–Crippen LogP) is 2.67. The number of amidine groups is 1. The normalized spacial score (nSPS) is 19.1. The molecule has 0 saturated carbocycles. The Bertz CT molecular complexity index is 987. The number of hydrogen-bond donors (Lipinski definition) is 2. The fourth-order valence-electron chi connectivity index (χ4n) is 2.81. The van der Waals surface area contributed by atoms with Crippen molar-refractivity contribution >= 4 is 34.9 Å². The summed E-state index contributed by atoms with van der Waals surface area (Å²) in [6, 6.07) is 13.7. The molecule has 0 bridgehead atoms. The number of hydrogen-bond acceptors (Lipinski definition) is 6. The average molecular weight is 396 g/mol. The van der Waals surface area contributed by atoms with Gasteiger partial charge in [-0.05, 0) is 41.1 Å². The van der Waals surface area contributed by atoms with E-state index in [0.29, 0.717) is 16.4 Å². The van der Waals surface area contributed by atoms with E-state index in [1.807, 2.05) is 36.4 Å². The van der Waals surface area contributed by atoms with Gasteiger partial charge in [-0.2, -0.15) is 0 Å². The molecule has 0 radical (unpaired) electrons. The first kappa shape index (κ1) is 18.1. The largest absolute Gasteiger partial charge is 0.480 e. The number of carboxylic acid groups (broad SMARTS) is 1. The van der Waals surface area contributed by atoms with Gasteiger partial charge in [0.25, 0.3) is 5.91 Å². The van der Waals surface area contributed by atoms with Gasteiger partial charge in [-0.15, -0.1) is 0 Å². The molecule has 2 aliphatic heterocycles. The lowest BCUT2D eigenvalue weighted by molar-refractivity contribution is -0.138. The summed E-state index contributed by atoms with van der Waals surface area (Å²) in [5, 5.41) is 12.4. The number of fused-ring (bicyclic) bond motifs is 1. The van der Waals surface area contributed by atoms with Crippen LogP contribution in [0.3, 0.4) is 0 Å². The third-order valence-electron chi connectivity index (χ3n) is 4.18. The molecule has 1 unspecified atom stereocenters. The zero-order chi connectivity index (χ0) is 19.5. The van der Waals surface area contributed by atoms with Crippen molar-refractivity contribution < 1.29 is 24.2 Å². The van der Waals surface area contributed by atoms with E-state index in [0.717, 1.165) is 22.9 Å². The monoisotopic (exact) mass is 396 g/mol. The molecule has 142 valence electrons. The van der Waals surface area contributed by atoms with Crippen LogP contribution in [0.1, 0.15) is 11.1 Å². The molecule has 2 N–H and O–H groups in total. The highest BCUT2D eigenvalue weighted by Crippen LogP contribution is 2.34. The topological polar surface area (TPSA) is 97.2 Å². The zero-order valence-electron chi connectivity index (χ0n) is 14.6. The number of aliphatic carboxylic acids is 1. The quantitative estimate of drug-likeness (QED) is 0.755. The predicted molar refractivity (Wildman–Crippen MR) is 105 cm³/mol. The van der Waals surface area contributed by atoms with Crippen molar-refractivity contribution in [2.75, 3.05) is 6.79 Å². The van der Waals surface area contributed by atoms with E-state index in [1.54, 1.807) is 18.2 Å². The van der Waals surface area contributed by atoms with Crippen molar-refractivity contribution in [3.8, 4) is 11.5 Å². The van der Waals surface area contributed by atoms with Crippen LogP contribution in [0.15, 0.2) is 58.4 Å². The van der Waals surface area contributed by atoms with Crippen molar-refractivity contribution in [1.82, 2.24) is 5.32 Å². The van der Waals surface area contributed by atoms with Gasteiger partial charge in [0.1, 0.15) is 0 Å². The minimum absolute atomic E-state index is 0.180. The Kier molecular flexibility index (Phi) is 5.03. The summed E-state index contributed by atoms with van der Waals surface area (Å²) < 4.78 is 10.6. The third-order valence-corrected chi connectivity index (χ3v) is 5.10. The van der Waals surface area contributed by atoms with Crippen LogP contribution in [-0.4, -0.2) is 35.0 Å². The number of carbonyl (C=O) groups is 2. The van der Waals surface area contributed by atoms with Gasteiger partial charge in [0.2, 0.25) is 6.79 Å². The molecule has 1 amide bonds. The van der Waals surface area contributed by atoms with Crippen LogP contribution >= 0.6 is 11.8 Å². The Labute approximate surface area is 165 Å². The number of nitrogens with one attached hydrogen (secondary N) is 1. The van der Waals surface area contributed by atoms with Gasteiger partial charge in [0.05, 0.1) is 4.91 Å². The minimum Gasteiger partial charge on any atom is -0.480 e. The molecular formula is C20H16N2O5S. The highest BCUT2D eigenvalue weighted by atomic mass is 32.2. The molecule has 7 nitrogen and oxygen atoms in total. The summed E-state index contributed by atoms with van der Waals surface area (Å²) in [6.45, 7) is 0.180. The number of nitrogens with zero attached hydrogens (tertiary/aromatic N) is 1. The van der Waals surface area contributed by atoms with E-state index < -0.39 is 12.0 Å². The highest BCUT2D eigenvalue weighted by molar-refractivity contribution is 8.18. The van der Waals surface area contributed by atoms with Crippen LogP contribution in [-0.2, 0) is 16.0 Å². The summed E-state index contributed by atoms with van der Waals surface area (Å²) in [5.74, 6) is -0.0664. The molecule has 2 aromatic carbocycles. The van der Waals surface area contributed by atoms with Gasteiger partial charge < -0.3 is 19.9 Å². The lowest BCUT2D eigenvalue weighted by Crippen LogP contribution is -2.26. The molecule has 1 atom stereocenters. The van der Waals surface area contributed by atoms with E-state index in [-0.39, 0.29) is 24.3 Å². The van der Waals surface area contributed by atoms with Gasteiger partial charge in [-0.1, -0.05) is 36.4 Å². The number of rotatable bonds is 5. The number of aliphatic imine (C=N–C) groups is 1. The fraction of sp³-hybridized carbons (Fsp3) is 0.150. The van der Waals surface area contributed by atoms with Gasteiger partial charge in [0, 0.05) is 6.42 Å². The number of amides is 1. The first-order valence-corrected chi connectivity index (χ1v) is 9.35. The van der Waals surface area contributed by atoms with Gasteiger partial charge in [-0.3, -0.25) is 4.79 Å². The zero-order valence-corrected chi connectivity index (χ0v) is 15.4. The molecule has 2 heterocycles. The van der Waals surface area contributed by atoms with Crippen LogP contribution < -0.4 is 14.8 Å². The summed E-state index contributed by atoms with van der Waals surface area (Å²) >= 11 is 1.12. The number of thioether (sulfide) groups is 1. The van der Waals surface area contributed by atoms with E-state index >= 15 is 0 Å². The van der Waals surface area contributed by atoms with Crippen LogP contribution in [0.25, 0.3) is 6.08 Å². The van der Waals surface area contributed by atoms with E-state index in [2.05, 4.69) is 10.3 Å². The van der Waals surface area contributed by atoms with Crippen LogP contribution in [0.4, 0.5) is 0 Å². The minimum atomic E-state index is -1.04. The Morgan fingerprint density at radius 1 is 1.21 bits per heavy atom. The maximum atomic E-state index is 12.2. The van der Waals surface area contributed by atoms with Crippen LogP contribution in [0, 0.1) is 0 Å². The number of benzene rings is 2. The first-order chi connectivity index (χ1) is 13.6. The summed E-state index contributed by atoms with van der Waals surface area (Å²) in [5.41, 5.74) is 1.65. The van der Waals surface area contributed by atoms with Crippen molar-refractivity contribution in [1.29, 1.82) is 0 Å². The first-order valence-electron chi connectivity index (χ1n) is 8.53. The number of carbonyl (C=O) groups excluding carboxylic acids is 1. The molecule has 0 spiro atoms. The van der Waals surface area contributed by atoms with E-state index in [1.165, 1.54) is 0 Å². The standard InChI is InChI=1S/C20H16N2O5S/c23-18-17(10-13-6-7-15-16(9-13)27-11-26-15)28-20(22-18)21-14(19(24)25)8-12-4-2-1-3-5-12/h1-7,9-10,14H,8,11H2,(H,24,25)(H,21,22,23)/b17-10-. The molecule has 2 aromatic rings. The third kappa shape index (κ3) is 4.01. The SMILES string of the molecule is O=C1NC(=NC(Cc2ccccc2)C(=O)O)S/C1=C\c1ccc2c(c1)OCO2. The molecule has 1 fully saturated rings. The second-order valence-corrected chi connectivity index (χ2v) is 7.19. The molecule has 8 heteroatoms. The molecule has 0 aromatic heterocycles. The number of carboxylic acids is 1. The second-order valence-electron chi connectivity index (χ2n) is 6.16. The molecule has 4 rings (SSSR count). The Morgan fingerprint density at radius 2 is 2.00 bits per heavy atom. The maximum Gasteiger partial charge on any atom is 0.328 e. The molecule has 0 aliphatic carbocycles. The average Bonchev–Trinajstić information content (AvgIpc) is 3.28. The Balaban J connectivity index is 1.52. The van der Waals surface area contributed by atoms with Gasteiger partial charge in [-0.25, -0.2) is 9.79 Å². The van der Waals surface area contributed by atoms with Crippen LogP contribution in [0.2, 0.25) is 0 Å². The van der Waals surface area contributed by atoms with E-state index in [4.69, 9.17) is 9.47 Å². The molecule has 28 heavy (non-hydrogen) atoms. The Morgan fingerprint density at radius 3 is 2.79 bits per heavy atom.